The third-order valence-corrected chi connectivity index (χ3v) is 4.79. The fraction of sp³-hybridized carbons (Fsp3) is 0.364. The molecule has 154 valence electrons. The van der Waals surface area contributed by atoms with Crippen molar-refractivity contribution in [3.63, 3.8) is 0 Å². The number of nitrogens with zero attached hydrogens (tertiary/aromatic N) is 1. The van der Waals surface area contributed by atoms with Gasteiger partial charge in [0, 0.05) is 12.1 Å². The SMILES string of the molecule is CCOC(=O)[C@@H]1ON=C(c2c(OC)cc(OC)cc2OC)[C@H]1c1ccc(C)cc1. The van der Waals surface area contributed by atoms with Crippen molar-refractivity contribution in [2.45, 2.75) is 25.9 Å². The van der Waals surface area contributed by atoms with Crippen LogP contribution >= 0.6 is 0 Å². The molecule has 2 aromatic carbocycles. The van der Waals surface area contributed by atoms with Crippen LogP contribution in [0.4, 0.5) is 0 Å². The molecule has 0 radical (unpaired) electrons. The average Bonchev–Trinajstić information content (AvgIpc) is 3.18. The Morgan fingerprint density at radius 3 is 2.17 bits per heavy atom. The number of oxime groups is 1. The topological polar surface area (TPSA) is 75.6 Å². The lowest BCUT2D eigenvalue weighted by Gasteiger charge is -2.21. The first-order chi connectivity index (χ1) is 14.0. The Balaban J connectivity index is 2.14. The van der Waals surface area contributed by atoms with Gasteiger partial charge in [0.05, 0.1) is 39.4 Å². The lowest BCUT2D eigenvalue weighted by Crippen LogP contribution is -2.31. The third-order valence-electron chi connectivity index (χ3n) is 4.79. The molecule has 0 saturated heterocycles. The van der Waals surface area contributed by atoms with Gasteiger partial charge in [0.15, 0.2) is 0 Å². The first-order valence-corrected chi connectivity index (χ1v) is 9.31. The second-order valence-electron chi connectivity index (χ2n) is 6.55. The maximum Gasteiger partial charge on any atom is 0.351 e. The number of benzene rings is 2. The Hall–Kier alpha value is -3.22. The molecule has 0 N–H and O–H groups in total. The third kappa shape index (κ3) is 3.99. The van der Waals surface area contributed by atoms with Gasteiger partial charge in [-0.2, -0.15) is 0 Å². The number of aryl methyl sites for hydroxylation is 1. The molecule has 0 spiro atoms. The molecule has 7 heteroatoms. The number of hydrogen-bond acceptors (Lipinski definition) is 7. The van der Waals surface area contributed by atoms with Gasteiger partial charge in [-0.3, -0.25) is 0 Å². The van der Waals surface area contributed by atoms with E-state index in [4.69, 9.17) is 23.8 Å². The van der Waals surface area contributed by atoms with Crippen LogP contribution in [0.1, 0.15) is 29.5 Å². The summed E-state index contributed by atoms with van der Waals surface area (Å²) >= 11 is 0. The van der Waals surface area contributed by atoms with E-state index < -0.39 is 18.0 Å². The minimum Gasteiger partial charge on any atom is -0.496 e. The van der Waals surface area contributed by atoms with Gasteiger partial charge in [-0.05, 0) is 19.4 Å². The highest BCUT2D eigenvalue weighted by Crippen LogP contribution is 2.42. The Bertz CT molecular complexity index is 881. The van der Waals surface area contributed by atoms with Crippen LogP contribution in [0.2, 0.25) is 0 Å². The summed E-state index contributed by atoms with van der Waals surface area (Å²) in [6.07, 6.45) is -0.899. The number of esters is 1. The predicted octanol–water partition coefficient (Wildman–Crippen LogP) is 3.47. The molecule has 0 unspecified atom stereocenters. The molecule has 29 heavy (non-hydrogen) atoms. The minimum atomic E-state index is -0.899. The van der Waals surface area contributed by atoms with Crippen molar-refractivity contribution in [1.29, 1.82) is 0 Å². The molecule has 2 atom stereocenters. The molecular weight excluding hydrogens is 374 g/mol. The number of methoxy groups -OCH3 is 3. The Labute approximate surface area is 170 Å². The second-order valence-corrected chi connectivity index (χ2v) is 6.55. The monoisotopic (exact) mass is 399 g/mol. The van der Waals surface area contributed by atoms with E-state index in [9.17, 15) is 4.79 Å². The van der Waals surface area contributed by atoms with Crippen LogP contribution in [0.25, 0.3) is 0 Å². The van der Waals surface area contributed by atoms with Crippen LogP contribution in [0, 0.1) is 6.92 Å². The molecule has 1 aliphatic heterocycles. The number of rotatable bonds is 7. The summed E-state index contributed by atoms with van der Waals surface area (Å²) in [6.45, 7) is 4.01. The van der Waals surface area contributed by atoms with Crippen LogP contribution in [-0.2, 0) is 14.4 Å². The smallest absolute Gasteiger partial charge is 0.351 e. The largest absolute Gasteiger partial charge is 0.496 e. The molecule has 3 rings (SSSR count). The first-order valence-electron chi connectivity index (χ1n) is 9.31. The van der Waals surface area contributed by atoms with E-state index in [-0.39, 0.29) is 6.61 Å². The van der Waals surface area contributed by atoms with Crippen molar-refractivity contribution in [2.24, 2.45) is 5.16 Å². The summed E-state index contributed by atoms with van der Waals surface area (Å²) in [7, 11) is 4.67. The van der Waals surface area contributed by atoms with Gasteiger partial charge in [0.2, 0.25) is 6.10 Å². The van der Waals surface area contributed by atoms with Crippen LogP contribution in [0.15, 0.2) is 41.6 Å². The second kappa shape index (κ2) is 8.86. The quantitative estimate of drug-likeness (QED) is 0.664. The fourth-order valence-electron chi connectivity index (χ4n) is 3.34. The van der Waals surface area contributed by atoms with Gasteiger partial charge in [-0.25, -0.2) is 4.79 Å². The van der Waals surface area contributed by atoms with Gasteiger partial charge in [-0.15, -0.1) is 0 Å². The summed E-state index contributed by atoms with van der Waals surface area (Å²) in [5, 5.41) is 4.26. The van der Waals surface area contributed by atoms with Gasteiger partial charge >= 0.3 is 5.97 Å². The zero-order valence-electron chi connectivity index (χ0n) is 17.2. The van der Waals surface area contributed by atoms with Crippen molar-refractivity contribution in [3.05, 3.63) is 53.1 Å². The van der Waals surface area contributed by atoms with E-state index in [2.05, 4.69) is 5.16 Å². The van der Waals surface area contributed by atoms with Crippen molar-refractivity contribution in [1.82, 2.24) is 0 Å². The van der Waals surface area contributed by atoms with Crippen molar-refractivity contribution in [3.8, 4) is 17.2 Å². The normalized spacial score (nSPS) is 17.9. The van der Waals surface area contributed by atoms with Gasteiger partial charge < -0.3 is 23.8 Å². The molecule has 1 heterocycles. The maximum absolute atomic E-state index is 12.6. The Kier molecular flexibility index (Phi) is 6.26. The number of carbonyl (C=O) groups excluding carboxylic acids is 1. The number of ether oxygens (including phenoxy) is 4. The average molecular weight is 399 g/mol. The molecular formula is C22H25NO6. The molecule has 0 aromatic heterocycles. The molecule has 0 saturated carbocycles. The van der Waals surface area contributed by atoms with Crippen molar-refractivity contribution in [2.75, 3.05) is 27.9 Å². The Morgan fingerprint density at radius 2 is 1.66 bits per heavy atom. The van der Waals surface area contributed by atoms with E-state index in [1.807, 2.05) is 31.2 Å². The van der Waals surface area contributed by atoms with Gasteiger partial charge in [0.1, 0.15) is 23.0 Å². The van der Waals surface area contributed by atoms with E-state index in [0.29, 0.717) is 28.5 Å². The highest BCUT2D eigenvalue weighted by Gasteiger charge is 2.44. The lowest BCUT2D eigenvalue weighted by molar-refractivity contribution is -0.155. The van der Waals surface area contributed by atoms with Crippen molar-refractivity contribution < 1.29 is 28.6 Å². The molecule has 0 aliphatic carbocycles. The van der Waals surface area contributed by atoms with E-state index in [0.717, 1.165) is 11.1 Å². The summed E-state index contributed by atoms with van der Waals surface area (Å²) in [5.74, 6) is 0.639. The van der Waals surface area contributed by atoms with Gasteiger partial charge in [0.25, 0.3) is 0 Å². The lowest BCUT2D eigenvalue weighted by atomic mass is 9.85. The molecule has 1 aliphatic rings. The molecule has 7 nitrogen and oxygen atoms in total. The van der Waals surface area contributed by atoms with Crippen molar-refractivity contribution >= 4 is 11.7 Å². The Morgan fingerprint density at radius 1 is 1.03 bits per heavy atom. The van der Waals surface area contributed by atoms with Crippen LogP contribution in [-0.4, -0.2) is 45.7 Å². The van der Waals surface area contributed by atoms with E-state index >= 15 is 0 Å². The maximum atomic E-state index is 12.6. The predicted molar refractivity (Wildman–Crippen MR) is 108 cm³/mol. The highest BCUT2D eigenvalue weighted by atomic mass is 16.7. The molecule has 0 amide bonds. The summed E-state index contributed by atoms with van der Waals surface area (Å²) in [4.78, 5) is 18.1. The van der Waals surface area contributed by atoms with Gasteiger partial charge in [-0.1, -0.05) is 35.0 Å². The van der Waals surface area contributed by atoms with E-state index in [1.165, 1.54) is 0 Å². The number of hydrogen-bond donors (Lipinski definition) is 0. The fourth-order valence-corrected chi connectivity index (χ4v) is 3.34. The van der Waals surface area contributed by atoms with E-state index in [1.54, 1.807) is 40.4 Å². The van der Waals surface area contributed by atoms with Crippen LogP contribution in [0.3, 0.4) is 0 Å². The summed E-state index contributed by atoms with van der Waals surface area (Å²) < 4.78 is 21.7. The summed E-state index contributed by atoms with van der Waals surface area (Å²) in [6, 6.07) is 11.4. The zero-order chi connectivity index (χ0) is 21.0. The molecule has 2 aromatic rings. The van der Waals surface area contributed by atoms with Crippen LogP contribution in [0.5, 0.6) is 17.2 Å². The van der Waals surface area contributed by atoms with Crippen LogP contribution < -0.4 is 14.2 Å². The first kappa shape index (κ1) is 20.5. The number of carbonyl (C=O) groups is 1. The standard InChI is InChI=1S/C22H25NO6/c1-6-28-22(24)21-18(14-9-7-13(2)8-10-14)20(23-29-21)19-16(26-4)11-15(25-3)12-17(19)27-5/h7-12,18,21H,6H2,1-5H3/t18-,21-/m1/s1. The minimum absolute atomic E-state index is 0.254. The molecule has 0 bridgehead atoms. The zero-order valence-corrected chi connectivity index (χ0v) is 17.2. The summed E-state index contributed by atoms with van der Waals surface area (Å²) in [5.41, 5.74) is 3.12. The molecule has 0 fully saturated rings. The highest BCUT2D eigenvalue weighted by molar-refractivity contribution is 6.12.